The molecule has 1 fully saturated rings. The molecule has 1 heterocycles. The Labute approximate surface area is 193 Å². The summed E-state index contributed by atoms with van der Waals surface area (Å²) >= 11 is 0. The fraction of sp³-hybridized carbons (Fsp3) is 0.222. The molecule has 1 aliphatic rings. The van der Waals surface area contributed by atoms with Crippen LogP contribution in [0.3, 0.4) is 0 Å². The first-order valence-electron chi connectivity index (χ1n) is 11.2. The number of rotatable bonds is 8. The van der Waals surface area contributed by atoms with Crippen LogP contribution in [0.5, 0.6) is 0 Å². The smallest absolute Gasteiger partial charge is 0.251 e. The quantitative estimate of drug-likeness (QED) is 0.558. The molecule has 0 aromatic heterocycles. The number of nitrogens with zero attached hydrogens (tertiary/aromatic N) is 1. The van der Waals surface area contributed by atoms with Gasteiger partial charge in [-0.05, 0) is 41.8 Å². The number of carbonyl (C=O) groups excluding carboxylic acids is 3. The maximum atomic E-state index is 13.2. The molecule has 3 aromatic carbocycles. The fourth-order valence-corrected chi connectivity index (χ4v) is 3.96. The molecule has 4 rings (SSSR count). The average Bonchev–Trinajstić information content (AvgIpc) is 3.24. The van der Waals surface area contributed by atoms with Gasteiger partial charge in [0.25, 0.3) is 5.91 Å². The van der Waals surface area contributed by atoms with Crippen LogP contribution in [0.25, 0.3) is 0 Å². The van der Waals surface area contributed by atoms with Gasteiger partial charge in [-0.25, -0.2) is 0 Å². The topological polar surface area (TPSA) is 78.5 Å². The number of nitrogens with one attached hydrogen (secondary N) is 2. The van der Waals surface area contributed by atoms with Gasteiger partial charge in [0.15, 0.2) is 0 Å². The molecule has 6 nitrogen and oxygen atoms in total. The Balaban J connectivity index is 1.48. The minimum atomic E-state index is -0.746. The lowest BCUT2D eigenvalue weighted by Crippen LogP contribution is -2.45. The van der Waals surface area contributed by atoms with Gasteiger partial charge in [-0.1, -0.05) is 60.7 Å². The van der Waals surface area contributed by atoms with Gasteiger partial charge < -0.3 is 15.5 Å². The van der Waals surface area contributed by atoms with E-state index in [2.05, 4.69) is 10.6 Å². The molecule has 3 amide bonds. The summed E-state index contributed by atoms with van der Waals surface area (Å²) < 4.78 is 0. The molecule has 1 aliphatic heterocycles. The lowest BCUT2D eigenvalue weighted by Gasteiger charge is -2.20. The summed E-state index contributed by atoms with van der Waals surface area (Å²) in [5, 5.41) is 5.82. The second-order valence-electron chi connectivity index (χ2n) is 8.19. The molecule has 0 bridgehead atoms. The van der Waals surface area contributed by atoms with E-state index in [1.54, 1.807) is 24.3 Å². The molecule has 2 N–H and O–H groups in total. The second-order valence-corrected chi connectivity index (χ2v) is 8.19. The first-order valence-corrected chi connectivity index (χ1v) is 11.2. The van der Waals surface area contributed by atoms with Crippen LogP contribution in [-0.2, 0) is 22.6 Å². The molecular formula is C27H27N3O3. The van der Waals surface area contributed by atoms with Crippen molar-refractivity contribution in [3.05, 3.63) is 102 Å². The first kappa shape index (κ1) is 22.3. The first-order chi connectivity index (χ1) is 16.1. The lowest BCUT2D eigenvalue weighted by molar-refractivity contribution is -0.128. The van der Waals surface area contributed by atoms with E-state index >= 15 is 0 Å². The van der Waals surface area contributed by atoms with E-state index in [9.17, 15) is 14.4 Å². The molecule has 0 spiro atoms. The van der Waals surface area contributed by atoms with Crippen molar-refractivity contribution in [3.63, 3.8) is 0 Å². The SMILES string of the molecule is O=C(NC(Cc1ccccc1)C(=O)Nc1cccc(CN2CCCC2=O)c1)c1ccccc1. The Bertz CT molecular complexity index is 1120. The van der Waals surface area contributed by atoms with E-state index in [4.69, 9.17) is 0 Å². The second kappa shape index (κ2) is 10.6. The van der Waals surface area contributed by atoms with Crippen LogP contribution in [0.15, 0.2) is 84.9 Å². The summed E-state index contributed by atoms with van der Waals surface area (Å²) in [5.74, 6) is -0.429. The Hall–Kier alpha value is -3.93. The van der Waals surface area contributed by atoms with Crippen LogP contribution in [0.1, 0.15) is 34.3 Å². The minimum Gasteiger partial charge on any atom is -0.340 e. The van der Waals surface area contributed by atoms with Crippen molar-refractivity contribution in [1.82, 2.24) is 10.2 Å². The van der Waals surface area contributed by atoms with Crippen molar-refractivity contribution < 1.29 is 14.4 Å². The molecule has 1 atom stereocenters. The molecule has 168 valence electrons. The zero-order chi connectivity index (χ0) is 23.0. The van der Waals surface area contributed by atoms with Crippen molar-refractivity contribution in [1.29, 1.82) is 0 Å². The summed E-state index contributed by atoms with van der Waals surface area (Å²) in [6.07, 6.45) is 1.85. The highest BCUT2D eigenvalue weighted by atomic mass is 16.2. The third kappa shape index (κ3) is 6.07. The van der Waals surface area contributed by atoms with Crippen molar-refractivity contribution in [2.75, 3.05) is 11.9 Å². The third-order valence-corrected chi connectivity index (χ3v) is 5.68. The Morgan fingerprint density at radius 3 is 2.27 bits per heavy atom. The highest BCUT2D eigenvalue weighted by molar-refractivity contribution is 6.01. The van der Waals surface area contributed by atoms with Crippen molar-refractivity contribution in [2.45, 2.75) is 31.8 Å². The minimum absolute atomic E-state index is 0.163. The van der Waals surface area contributed by atoms with Crippen molar-refractivity contribution >= 4 is 23.4 Å². The Morgan fingerprint density at radius 1 is 0.879 bits per heavy atom. The van der Waals surface area contributed by atoms with Crippen molar-refractivity contribution in [3.8, 4) is 0 Å². The van der Waals surface area contributed by atoms with Gasteiger partial charge in [0, 0.05) is 37.2 Å². The van der Waals surface area contributed by atoms with Crippen LogP contribution < -0.4 is 10.6 Å². The summed E-state index contributed by atoms with van der Waals surface area (Å²) in [6, 6.07) is 25.2. The van der Waals surface area contributed by atoms with Crippen LogP contribution in [0, 0.1) is 0 Å². The van der Waals surface area contributed by atoms with Gasteiger partial charge in [-0.15, -0.1) is 0 Å². The molecule has 1 saturated heterocycles. The molecule has 3 aromatic rings. The van der Waals surface area contributed by atoms with Crippen LogP contribution in [0.2, 0.25) is 0 Å². The Morgan fingerprint density at radius 2 is 1.58 bits per heavy atom. The molecule has 0 aliphatic carbocycles. The number of hydrogen-bond acceptors (Lipinski definition) is 3. The number of amides is 3. The van der Waals surface area contributed by atoms with E-state index in [0.717, 1.165) is 24.1 Å². The van der Waals surface area contributed by atoms with Crippen LogP contribution in [-0.4, -0.2) is 35.2 Å². The zero-order valence-electron chi connectivity index (χ0n) is 18.4. The predicted octanol–water partition coefficient (Wildman–Crippen LogP) is 3.79. The zero-order valence-corrected chi connectivity index (χ0v) is 18.4. The molecule has 6 heteroatoms. The number of likely N-dealkylation sites (tertiary alicyclic amines) is 1. The summed E-state index contributed by atoms with van der Waals surface area (Å²) in [4.78, 5) is 39.7. The summed E-state index contributed by atoms with van der Waals surface area (Å²) in [7, 11) is 0. The van der Waals surface area contributed by atoms with E-state index in [1.165, 1.54) is 0 Å². The molecule has 0 saturated carbocycles. The average molecular weight is 442 g/mol. The maximum absolute atomic E-state index is 13.2. The van der Waals surface area contributed by atoms with Gasteiger partial charge >= 0.3 is 0 Å². The van der Waals surface area contributed by atoms with Gasteiger partial charge in [0.05, 0.1) is 0 Å². The highest BCUT2D eigenvalue weighted by Crippen LogP contribution is 2.18. The lowest BCUT2D eigenvalue weighted by atomic mass is 10.0. The van der Waals surface area contributed by atoms with Crippen LogP contribution in [0.4, 0.5) is 5.69 Å². The summed E-state index contributed by atoms with van der Waals surface area (Å²) in [6.45, 7) is 1.29. The van der Waals surface area contributed by atoms with Gasteiger partial charge in [0.2, 0.25) is 11.8 Å². The number of hydrogen-bond donors (Lipinski definition) is 2. The third-order valence-electron chi connectivity index (χ3n) is 5.68. The van der Waals surface area contributed by atoms with Crippen LogP contribution >= 0.6 is 0 Å². The molecule has 1 unspecified atom stereocenters. The van der Waals surface area contributed by atoms with Gasteiger partial charge in [-0.2, -0.15) is 0 Å². The van der Waals surface area contributed by atoms with E-state index < -0.39 is 6.04 Å². The highest BCUT2D eigenvalue weighted by Gasteiger charge is 2.23. The van der Waals surface area contributed by atoms with E-state index in [1.807, 2.05) is 65.6 Å². The van der Waals surface area contributed by atoms with E-state index in [-0.39, 0.29) is 17.7 Å². The monoisotopic (exact) mass is 441 g/mol. The number of carbonyl (C=O) groups is 3. The number of benzene rings is 3. The largest absolute Gasteiger partial charge is 0.340 e. The fourth-order valence-electron chi connectivity index (χ4n) is 3.96. The number of anilines is 1. The maximum Gasteiger partial charge on any atom is 0.251 e. The van der Waals surface area contributed by atoms with Gasteiger partial charge in [-0.3, -0.25) is 14.4 Å². The summed E-state index contributed by atoms with van der Waals surface area (Å²) in [5.41, 5.74) is 3.04. The van der Waals surface area contributed by atoms with E-state index in [0.29, 0.717) is 30.6 Å². The van der Waals surface area contributed by atoms with Crippen molar-refractivity contribution in [2.24, 2.45) is 0 Å². The molecule has 33 heavy (non-hydrogen) atoms. The standard InChI is InChI=1S/C27H27N3O3/c31-25-15-8-16-30(25)19-21-11-7-14-23(17-21)28-27(33)24(18-20-9-3-1-4-10-20)29-26(32)22-12-5-2-6-13-22/h1-7,9-14,17,24H,8,15-16,18-19H2,(H,28,33)(H,29,32). The molecular weight excluding hydrogens is 414 g/mol. The van der Waals surface area contributed by atoms with Gasteiger partial charge in [0.1, 0.15) is 6.04 Å². The Kier molecular flexibility index (Phi) is 7.15. The molecule has 0 radical (unpaired) electrons. The normalized spacial score (nSPS) is 14.1. The predicted molar refractivity (Wildman–Crippen MR) is 128 cm³/mol.